The van der Waals surface area contributed by atoms with Gasteiger partial charge in [0.1, 0.15) is 11.0 Å². The van der Waals surface area contributed by atoms with Crippen LogP contribution in [-0.2, 0) is 14.8 Å². The molecule has 7 nitrogen and oxygen atoms in total. The topological polar surface area (TPSA) is 103 Å². The molecule has 1 heterocycles. The van der Waals surface area contributed by atoms with Crippen molar-refractivity contribution in [3.8, 4) is 6.07 Å². The van der Waals surface area contributed by atoms with Crippen LogP contribution in [0.15, 0.2) is 23.2 Å². The number of carbonyl (C=O) groups excluding carboxylic acids is 1. The number of sulfonamides is 1. The highest BCUT2D eigenvalue weighted by Gasteiger charge is 2.28. The number of hydrogen-bond donors (Lipinski definition) is 1. The molecule has 0 unspecified atom stereocenters. The van der Waals surface area contributed by atoms with E-state index in [0.29, 0.717) is 6.54 Å². The van der Waals surface area contributed by atoms with Crippen molar-refractivity contribution in [3.05, 3.63) is 24.0 Å². The Morgan fingerprint density at radius 2 is 2.20 bits per heavy atom. The lowest BCUT2D eigenvalue weighted by Gasteiger charge is -2.20. The molecule has 0 aliphatic carbocycles. The van der Waals surface area contributed by atoms with Crippen molar-refractivity contribution >= 4 is 15.9 Å². The maximum atomic E-state index is 12.4. The van der Waals surface area contributed by atoms with Crippen LogP contribution in [0.4, 0.5) is 0 Å². The first-order chi connectivity index (χ1) is 9.47. The lowest BCUT2D eigenvalue weighted by atomic mass is 10.4. The monoisotopic (exact) mass is 296 g/mol. The van der Waals surface area contributed by atoms with Crippen molar-refractivity contribution < 1.29 is 13.2 Å². The second kappa shape index (κ2) is 6.98. The minimum atomic E-state index is -3.92. The quantitative estimate of drug-likeness (QED) is 0.802. The Hall–Kier alpha value is -1.98. The average Bonchev–Trinajstić information content (AvgIpc) is 2.44. The molecule has 0 radical (unpaired) electrons. The van der Waals surface area contributed by atoms with Gasteiger partial charge in [-0.15, -0.1) is 0 Å². The summed E-state index contributed by atoms with van der Waals surface area (Å²) in [6.07, 6.45) is 1.34. The Morgan fingerprint density at radius 1 is 1.50 bits per heavy atom. The Kier molecular flexibility index (Phi) is 5.61. The summed E-state index contributed by atoms with van der Waals surface area (Å²) in [5.74, 6) is -0.389. The van der Waals surface area contributed by atoms with Crippen LogP contribution in [0.3, 0.4) is 0 Å². The van der Waals surface area contributed by atoms with Gasteiger partial charge in [0.25, 0.3) is 0 Å². The number of aromatic nitrogens is 1. The smallest absolute Gasteiger partial charge is 0.246 e. The van der Waals surface area contributed by atoms with Crippen molar-refractivity contribution in [2.45, 2.75) is 18.7 Å². The normalized spacial score (nSPS) is 11.1. The SMILES string of the molecule is CCNC(=O)CN(CC)S(=O)(=O)c1cccnc1C#N. The Morgan fingerprint density at radius 3 is 2.75 bits per heavy atom. The molecule has 1 amide bonds. The molecule has 0 aliphatic heterocycles. The van der Waals surface area contributed by atoms with Crippen molar-refractivity contribution in [2.75, 3.05) is 19.6 Å². The first-order valence-electron chi connectivity index (χ1n) is 6.09. The number of hydrogen-bond acceptors (Lipinski definition) is 5. The molecule has 0 fully saturated rings. The Balaban J connectivity index is 3.13. The van der Waals surface area contributed by atoms with Gasteiger partial charge in [-0.2, -0.15) is 9.57 Å². The van der Waals surface area contributed by atoms with Crippen LogP contribution >= 0.6 is 0 Å². The number of pyridine rings is 1. The van der Waals surface area contributed by atoms with Crippen LogP contribution < -0.4 is 5.32 Å². The van der Waals surface area contributed by atoms with E-state index in [0.717, 1.165) is 4.31 Å². The largest absolute Gasteiger partial charge is 0.355 e. The van der Waals surface area contributed by atoms with E-state index in [4.69, 9.17) is 5.26 Å². The highest BCUT2D eigenvalue weighted by atomic mass is 32.2. The maximum Gasteiger partial charge on any atom is 0.246 e. The highest BCUT2D eigenvalue weighted by Crippen LogP contribution is 2.17. The summed E-state index contributed by atoms with van der Waals surface area (Å²) in [5.41, 5.74) is -0.179. The summed E-state index contributed by atoms with van der Waals surface area (Å²) in [7, 11) is -3.92. The first kappa shape index (κ1) is 16.1. The zero-order valence-corrected chi connectivity index (χ0v) is 12.1. The van der Waals surface area contributed by atoms with E-state index in [2.05, 4.69) is 10.3 Å². The summed E-state index contributed by atoms with van der Waals surface area (Å²) in [5, 5.41) is 11.5. The van der Waals surface area contributed by atoms with Crippen molar-refractivity contribution in [3.63, 3.8) is 0 Å². The van der Waals surface area contributed by atoms with E-state index in [1.807, 2.05) is 0 Å². The van der Waals surface area contributed by atoms with E-state index < -0.39 is 10.0 Å². The molecule has 0 spiro atoms. The Labute approximate surface area is 118 Å². The number of nitrogens with zero attached hydrogens (tertiary/aromatic N) is 3. The molecule has 1 rings (SSSR count). The van der Waals surface area contributed by atoms with Gasteiger partial charge >= 0.3 is 0 Å². The van der Waals surface area contributed by atoms with E-state index in [1.54, 1.807) is 19.9 Å². The molecule has 0 aromatic carbocycles. The minimum absolute atomic E-state index is 0.124. The van der Waals surface area contributed by atoms with Crippen molar-refractivity contribution in [1.82, 2.24) is 14.6 Å². The van der Waals surface area contributed by atoms with Gasteiger partial charge in [-0.1, -0.05) is 6.92 Å². The van der Waals surface area contributed by atoms with Gasteiger partial charge in [0.2, 0.25) is 15.9 Å². The second-order valence-electron chi connectivity index (χ2n) is 3.85. The van der Waals surface area contributed by atoms with Gasteiger partial charge in [-0.25, -0.2) is 13.4 Å². The summed E-state index contributed by atoms with van der Waals surface area (Å²) < 4.78 is 25.9. The van der Waals surface area contributed by atoms with Gasteiger partial charge in [-0.3, -0.25) is 4.79 Å². The third kappa shape index (κ3) is 3.53. The fourth-order valence-electron chi connectivity index (χ4n) is 1.60. The van der Waals surface area contributed by atoms with Crippen LogP contribution in [0.25, 0.3) is 0 Å². The number of likely N-dealkylation sites (N-methyl/N-ethyl adjacent to an activating group) is 2. The molecule has 0 aliphatic rings. The van der Waals surface area contributed by atoms with Crippen LogP contribution in [0, 0.1) is 11.3 Å². The molecule has 1 aromatic heterocycles. The van der Waals surface area contributed by atoms with E-state index in [1.165, 1.54) is 18.3 Å². The standard InChI is InChI=1S/C12H16N4O3S/c1-3-14-12(17)9-16(4-2)20(18,19)11-6-5-7-15-10(11)8-13/h5-7H,3-4,9H2,1-2H3,(H,14,17). The number of amides is 1. The summed E-state index contributed by atoms with van der Waals surface area (Å²) in [6, 6.07) is 4.49. The Bertz CT molecular complexity index is 622. The molecule has 0 atom stereocenters. The maximum absolute atomic E-state index is 12.4. The van der Waals surface area contributed by atoms with Gasteiger partial charge in [0.05, 0.1) is 6.54 Å². The third-order valence-corrected chi connectivity index (χ3v) is 4.49. The van der Waals surface area contributed by atoms with Gasteiger partial charge in [0.15, 0.2) is 5.69 Å². The minimum Gasteiger partial charge on any atom is -0.355 e. The van der Waals surface area contributed by atoms with Gasteiger partial charge < -0.3 is 5.32 Å². The van der Waals surface area contributed by atoms with Gasteiger partial charge in [0, 0.05) is 19.3 Å². The lowest BCUT2D eigenvalue weighted by Crippen LogP contribution is -2.40. The first-order valence-corrected chi connectivity index (χ1v) is 7.53. The molecule has 8 heteroatoms. The number of carbonyl (C=O) groups is 1. The molecule has 0 saturated carbocycles. The lowest BCUT2D eigenvalue weighted by molar-refractivity contribution is -0.121. The number of rotatable bonds is 6. The van der Waals surface area contributed by atoms with E-state index in [-0.39, 0.29) is 29.6 Å². The summed E-state index contributed by atoms with van der Waals surface area (Å²) in [4.78, 5) is 15.1. The zero-order chi connectivity index (χ0) is 15.2. The second-order valence-corrected chi connectivity index (χ2v) is 5.75. The van der Waals surface area contributed by atoms with Crippen molar-refractivity contribution in [1.29, 1.82) is 5.26 Å². The van der Waals surface area contributed by atoms with Crippen LogP contribution in [0.2, 0.25) is 0 Å². The molecule has 0 saturated heterocycles. The number of nitrogens with one attached hydrogen (secondary N) is 1. The van der Waals surface area contributed by atoms with Crippen LogP contribution in [0.5, 0.6) is 0 Å². The van der Waals surface area contributed by atoms with Gasteiger partial charge in [-0.05, 0) is 19.1 Å². The zero-order valence-electron chi connectivity index (χ0n) is 11.3. The molecular formula is C12H16N4O3S. The van der Waals surface area contributed by atoms with E-state index >= 15 is 0 Å². The summed E-state index contributed by atoms with van der Waals surface area (Å²) in [6.45, 7) is 3.63. The third-order valence-electron chi connectivity index (χ3n) is 2.54. The predicted molar refractivity (Wildman–Crippen MR) is 72.1 cm³/mol. The fourth-order valence-corrected chi connectivity index (χ4v) is 3.10. The van der Waals surface area contributed by atoms with Crippen molar-refractivity contribution in [2.24, 2.45) is 0 Å². The molecule has 0 bridgehead atoms. The van der Waals surface area contributed by atoms with Crippen LogP contribution in [-0.4, -0.2) is 43.2 Å². The molecule has 108 valence electrons. The molecular weight excluding hydrogens is 280 g/mol. The summed E-state index contributed by atoms with van der Waals surface area (Å²) >= 11 is 0. The predicted octanol–water partition coefficient (Wildman–Crippen LogP) is 0.1000. The molecule has 1 N–H and O–H groups in total. The molecule has 1 aromatic rings. The van der Waals surface area contributed by atoms with Crippen LogP contribution in [0.1, 0.15) is 19.5 Å². The molecule has 20 heavy (non-hydrogen) atoms. The fraction of sp³-hybridized carbons (Fsp3) is 0.417. The van der Waals surface area contributed by atoms with E-state index in [9.17, 15) is 13.2 Å². The average molecular weight is 296 g/mol. The number of nitriles is 1. The highest BCUT2D eigenvalue weighted by molar-refractivity contribution is 7.89.